The molecule has 0 aliphatic rings. The molecule has 0 atom stereocenters. The maximum atomic E-state index is 13.0. The number of nitrogens with one attached hydrogen (secondary N) is 3. The van der Waals surface area contributed by atoms with Crippen molar-refractivity contribution in [2.24, 2.45) is 0 Å². The first-order valence-corrected chi connectivity index (χ1v) is 9.23. The number of carbonyl (C=O) groups is 2. The normalized spacial score (nSPS) is 10.1. The number of amides is 2. The maximum absolute atomic E-state index is 13.0. The fourth-order valence-electron chi connectivity index (χ4n) is 2.59. The third kappa shape index (κ3) is 5.70. The molecule has 0 unspecified atom stereocenters. The first-order valence-electron chi connectivity index (χ1n) is 8.82. The van der Waals surface area contributed by atoms with Gasteiger partial charge in [0.2, 0.25) is 0 Å². The number of thiocarbonyl (C=S) groups is 1. The van der Waals surface area contributed by atoms with Crippen LogP contribution in [0.5, 0.6) is 0 Å². The molecule has 0 spiro atoms. The average molecular weight is 407 g/mol. The van der Waals surface area contributed by atoms with Gasteiger partial charge in [-0.3, -0.25) is 14.9 Å². The summed E-state index contributed by atoms with van der Waals surface area (Å²) in [4.78, 5) is 24.8. The van der Waals surface area contributed by atoms with E-state index < -0.39 is 11.7 Å². The fraction of sp³-hybridized carbons (Fsp3) is 0.0455. The van der Waals surface area contributed by atoms with Crippen LogP contribution in [0.15, 0.2) is 78.9 Å². The van der Waals surface area contributed by atoms with Crippen LogP contribution in [0.3, 0.4) is 0 Å². The predicted octanol–water partition coefficient (Wildman–Crippen LogP) is 3.88. The maximum Gasteiger partial charge on any atom is 0.257 e. The van der Waals surface area contributed by atoms with Crippen molar-refractivity contribution >= 4 is 34.8 Å². The fourth-order valence-corrected chi connectivity index (χ4v) is 2.80. The van der Waals surface area contributed by atoms with Gasteiger partial charge >= 0.3 is 0 Å². The lowest BCUT2D eigenvalue weighted by Gasteiger charge is -2.13. The molecule has 7 heteroatoms. The molecular weight excluding hydrogens is 389 g/mol. The first kappa shape index (κ1) is 20.2. The quantitative estimate of drug-likeness (QED) is 0.562. The van der Waals surface area contributed by atoms with Crippen LogP contribution in [0.25, 0.3) is 0 Å². The summed E-state index contributed by atoms with van der Waals surface area (Å²) in [5.74, 6) is -1.18. The number of hydrogen-bond acceptors (Lipinski definition) is 3. The lowest BCUT2D eigenvalue weighted by Crippen LogP contribution is -2.35. The van der Waals surface area contributed by atoms with Crippen LogP contribution in [0.2, 0.25) is 0 Å². The van der Waals surface area contributed by atoms with E-state index in [4.69, 9.17) is 12.2 Å². The van der Waals surface area contributed by atoms with Gasteiger partial charge in [0.15, 0.2) is 5.11 Å². The van der Waals surface area contributed by atoms with Gasteiger partial charge in [0.25, 0.3) is 11.8 Å². The number of rotatable bonds is 5. The van der Waals surface area contributed by atoms with Gasteiger partial charge in [0, 0.05) is 12.1 Å². The Hall–Kier alpha value is -3.58. The molecule has 29 heavy (non-hydrogen) atoms. The van der Waals surface area contributed by atoms with Crippen LogP contribution in [0.4, 0.5) is 10.1 Å². The van der Waals surface area contributed by atoms with Gasteiger partial charge < -0.3 is 10.6 Å². The van der Waals surface area contributed by atoms with Crippen molar-refractivity contribution in [2.45, 2.75) is 6.54 Å². The van der Waals surface area contributed by atoms with E-state index in [1.807, 2.05) is 30.3 Å². The summed E-state index contributed by atoms with van der Waals surface area (Å²) in [5.41, 5.74) is 2.10. The van der Waals surface area contributed by atoms with Crippen LogP contribution >= 0.6 is 12.2 Å². The zero-order chi connectivity index (χ0) is 20.6. The molecule has 0 bridgehead atoms. The molecule has 0 heterocycles. The largest absolute Gasteiger partial charge is 0.348 e. The Morgan fingerprint density at radius 2 is 1.48 bits per heavy atom. The lowest BCUT2D eigenvalue weighted by atomic mass is 10.1. The minimum absolute atomic E-state index is 0.0302. The Kier molecular flexibility index (Phi) is 6.65. The molecule has 0 radical (unpaired) electrons. The molecule has 0 aliphatic carbocycles. The van der Waals surface area contributed by atoms with E-state index in [1.165, 1.54) is 24.3 Å². The summed E-state index contributed by atoms with van der Waals surface area (Å²) in [6.07, 6.45) is 0. The van der Waals surface area contributed by atoms with Gasteiger partial charge in [-0.1, -0.05) is 42.5 Å². The van der Waals surface area contributed by atoms with E-state index in [0.717, 1.165) is 5.56 Å². The third-order valence-corrected chi connectivity index (χ3v) is 4.25. The second-order valence-electron chi connectivity index (χ2n) is 6.13. The molecule has 3 rings (SSSR count). The van der Waals surface area contributed by atoms with E-state index in [-0.39, 0.29) is 16.6 Å². The van der Waals surface area contributed by atoms with Crippen LogP contribution in [0.1, 0.15) is 26.3 Å². The van der Waals surface area contributed by atoms with Crippen LogP contribution in [-0.4, -0.2) is 16.9 Å². The van der Waals surface area contributed by atoms with Gasteiger partial charge in [0.1, 0.15) is 5.82 Å². The number of anilines is 1. The molecule has 0 aliphatic heterocycles. The minimum atomic E-state index is -0.478. The van der Waals surface area contributed by atoms with Crippen molar-refractivity contribution in [3.05, 3.63) is 101 Å². The highest BCUT2D eigenvalue weighted by molar-refractivity contribution is 7.80. The summed E-state index contributed by atoms with van der Waals surface area (Å²) in [5, 5.41) is 8.27. The molecule has 146 valence electrons. The molecular formula is C22H18FN3O2S. The molecule has 0 saturated carbocycles. The zero-order valence-corrected chi connectivity index (χ0v) is 16.1. The van der Waals surface area contributed by atoms with Crippen molar-refractivity contribution in [3.8, 4) is 0 Å². The van der Waals surface area contributed by atoms with Crippen molar-refractivity contribution in [1.82, 2.24) is 10.6 Å². The second kappa shape index (κ2) is 9.57. The van der Waals surface area contributed by atoms with E-state index in [2.05, 4.69) is 16.0 Å². The van der Waals surface area contributed by atoms with E-state index >= 15 is 0 Å². The third-order valence-electron chi connectivity index (χ3n) is 4.05. The standard InChI is InChI=1S/C22H18FN3O2S/c23-17-12-10-16(11-13-17)20(27)26-22(29)25-19-9-5-4-8-18(19)21(28)24-14-15-6-2-1-3-7-15/h1-13H,14H2,(H,24,28)(H2,25,26,27,29). The van der Waals surface area contributed by atoms with Gasteiger partial charge in [-0.15, -0.1) is 0 Å². The van der Waals surface area contributed by atoms with Gasteiger partial charge in [-0.25, -0.2) is 4.39 Å². The number of benzene rings is 3. The van der Waals surface area contributed by atoms with Crippen molar-refractivity contribution in [1.29, 1.82) is 0 Å². The van der Waals surface area contributed by atoms with E-state index in [1.54, 1.807) is 24.3 Å². The monoisotopic (exact) mass is 407 g/mol. The van der Waals surface area contributed by atoms with Crippen molar-refractivity contribution < 1.29 is 14.0 Å². The Morgan fingerprint density at radius 3 is 2.21 bits per heavy atom. The summed E-state index contributed by atoms with van der Waals surface area (Å²) in [6.45, 7) is 0.389. The average Bonchev–Trinajstić information content (AvgIpc) is 2.73. The Morgan fingerprint density at radius 1 is 0.828 bits per heavy atom. The highest BCUT2D eigenvalue weighted by Gasteiger charge is 2.13. The highest BCUT2D eigenvalue weighted by atomic mass is 32.1. The SMILES string of the molecule is O=C(NC(=S)Nc1ccccc1C(=O)NCc1ccccc1)c1ccc(F)cc1. The zero-order valence-electron chi connectivity index (χ0n) is 15.3. The van der Waals surface area contributed by atoms with Crippen LogP contribution in [0, 0.1) is 5.82 Å². The second-order valence-corrected chi connectivity index (χ2v) is 6.54. The summed E-state index contributed by atoms with van der Waals surface area (Å²) < 4.78 is 13.0. The van der Waals surface area contributed by atoms with Crippen molar-refractivity contribution in [3.63, 3.8) is 0 Å². The molecule has 2 amide bonds. The minimum Gasteiger partial charge on any atom is -0.348 e. The van der Waals surface area contributed by atoms with Crippen LogP contribution in [-0.2, 0) is 6.54 Å². The molecule has 3 aromatic rings. The Bertz CT molecular complexity index is 1020. The molecule has 3 aromatic carbocycles. The Labute approximate surface area is 173 Å². The first-order chi connectivity index (χ1) is 14.0. The van der Waals surface area contributed by atoms with Crippen LogP contribution < -0.4 is 16.0 Å². The highest BCUT2D eigenvalue weighted by Crippen LogP contribution is 2.15. The predicted molar refractivity (Wildman–Crippen MR) is 114 cm³/mol. The molecule has 5 nitrogen and oxygen atoms in total. The molecule has 3 N–H and O–H groups in total. The smallest absolute Gasteiger partial charge is 0.257 e. The topological polar surface area (TPSA) is 70.2 Å². The number of halogens is 1. The van der Waals surface area contributed by atoms with Gasteiger partial charge in [-0.05, 0) is 54.2 Å². The lowest BCUT2D eigenvalue weighted by molar-refractivity contribution is 0.0950. The summed E-state index contributed by atoms with van der Waals surface area (Å²) in [7, 11) is 0. The number of hydrogen-bond donors (Lipinski definition) is 3. The van der Waals surface area contributed by atoms with Gasteiger partial charge in [-0.2, -0.15) is 0 Å². The molecule has 0 fully saturated rings. The van der Waals surface area contributed by atoms with Gasteiger partial charge in [0.05, 0.1) is 11.3 Å². The van der Waals surface area contributed by atoms with Crippen molar-refractivity contribution in [2.75, 3.05) is 5.32 Å². The number of para-hydroxylation sites is 1. The summed E-state index contributed by atoms with van der Waals surface area (Å²) >= 11 is 5.18. The Balaban J connectivity index is 1.63. The van der Waals surface area contributed by atoms with E-state index in [0.29, 0.717) is 17.8 Å². The molecule has 0 aromatic heterocycles. The molecule has 0 saturated heterocycles. The number of carbonyl (C=O) groups excluding carboxylic acids is 2. The summed E-state index contributed by atoms with van der Waals surface area (Å²) in [6, 6.07) is 21.5. The van der Waals surface area contributed by atoms with E-state index in [9.17, 15) is 14.0 Å².